The number of ether oxygens (including phenoxy) is 2. The van der Waals surface area contributed by atoms with Gasteiger partial charge in [0, 0.05) is 25.1 Å². The molecule has 6 nitrogen and oxygen atoms in total. The van der Waals surface area contributed by atoms with Gasteiger partial charge in [0.15, 0.2) is 0 Å². The summed E-state index contributed by atoms with van der Waals surface area (Å²) < 4.78 is 25.2. The molecule has 2 heterocycles. The van der Waals surface area contributed by atoms with Gasteiger partial charge in [-0.25, -0.2) is 9.18 Å². The minimum absolute atomic E-state index is 0.00877. The van der Waals surface area contributed by atoms with Crippen molar-refractivity contribution in [2.24, 2.45) is 0 Å². The van der Waals surface area contributed by atoms with E-state index in [0.717, 1.165) is 18.1 Å². The average molecular weight is 399 g/mol. The molecule has 1 fully saturated rings. The van der Waals surface area contributed by atoms with Crippen molar-refractivity contribution in [2.45, 2.75) is 31.9 Å². The zero-order valence-electron chi connectivity index (χ0n) is 15.9. The lowest BCUT2D eigenvalue weighted by Crippen LogP contribution is -2.37. The number of carboxylic acid groups (broad SMARTS) is 1. The topological polar surface area (TPSA) is 76.1 Å². The van der Waals surface area contributed by atoms with E-state index in [1.165, 1.54) is 6.07 Å². The number of carbonyl (C=O) groups excluding carboxylic acids is 1. The number of amides is 1. The molecular weight excluding hydrogens is 377 g/mol. The average Bonchev–Trinajstić information content (AvgIpc) is 3.21. The number of fused-ring (bicyclic) bond motifs is 1. The molecule has 1 saturated heterocycles. The van der Waals surface area contributed by atoms with Gasteiger partial charge in [-0.05, 0) is 35.7 Å². The molecule has 0 bridgehead atoms. The highest BCUT2D eigenvalue weighted by Crippen LogP contribution is 2.27. The lowest BCUT2D eigenvalue weighted by atomic mass is 9.94. The van der Waals surface area contributed by atoms with Crippen molar-refractivity contribution in [1.29, 1.82) is 0 Å². The van der Waals surface area contributed by atoms with Crippen LogP contribution in [0.4, 0.5) is 4.39 Å². The van der Waals surface area contributed by atoms with Gasteiger partial charge in [0.1, 0.15) is 17.7 Å². The summed E-state index contributed by atoms with van der Waals surface area (Å²) in [5.74, 6) is -1.18. The zero-order chi connectivity index (χ0) is 20.4. The Morgan fingerprint density at radius 1 is 1.28 bits per heavy atom. The van der Waals surface area contributed by atoms with Crippen LogP contribution in [0.5, 0.6) is 5.75 Å². The van der Waals surface area contributed by atoms with Crippen LogP contribution in [0.1, 0.15) is 33.5 Å². The van der Waals surface area contributed by atoms with Crippen molar-refractivity contribution in [2.75, 3.05) is 19.8 Å². The number of carbonyl (C=O) groups is 2. The van der Waals surface area contributed by atoms with Gasteiger partial charge in [0.25, 0.3) is 0 Å². The molecule has 0 spiro atoms. The second kappa shape index (κ2) is 8.21. The summed E-state index contributed by atoms with van der Waals surface area (Å²) in [5, 5.41) is 9.31. The number of nitrogens with zero attached hydrogens (tertiary/aromatic N) is 1. The zero-order valence-corrected chi connectivity index (χ0v) is 15.9. The molecule has 0 saturated carbocycles. The van der Waals surface area contributed by atoms with Crippen LogP contribution < -0.4 is 4.74 Å². The van der Waals surface area contributed by atoms with E-state index in [-0.39, 0.29) is 30.5 Å². The predicted octanol–water partition coefficient (Wildman–Crippen LogP) is 2.82. The van der Waals surface area contributed by atoms with E-state index in [1.54, 1.807) is 4.90 Å². The maximum Gasteiger partial charge on any atom is 0.336 e. The maximum absolute atomic E-state index is 13.8. The molecule has 1 unspecified atom stereocenters. The molecule has 4 rings (SSSR count). The fourth-order valence-corrected chi connectivity index (χ4v) is 3.89. The highest BCUT2D eigenvalue weighted by Gasteiger charge is 2.26. The Kier molecular flexibility index (Phi) is 5.49. The number of para-hydroxylation sites is 1. The van der Waals surface area contributed by atoms with Crippen molar-refractivity contribution < 1.29 is 28.6 Å². The summed E-state index contributed by atoms with van der Waals surface area (Å²) in [6.07, 6.45) is 1.37. The lowest BCUT2D eigenvalue weighted by molar-refractivity contribution is -0.131. The van der Waals surface area contributed by atoms with E-state index in [4.69, 9.17) is 9.47 Å². The van der Waals surface area contributed by atoms with Crippen LogP contribution in [0.2, 0.25) is 0 Å². The fourth-order valence-electron chi connectivity index (χ4n) is 3.89. The van der Waals surface area contributed by atoms with Gasteiger partial charge in [-0.15, -0.1) is 0 Å². The number of aromatic carboxylic acids is 1. The third kappa shape index (κ3) is 4.24. The summed E-state index contributed by atoms with van der Waals surface area (Å²) in [4.78, 5) is 25.9. The third-order valence-electron chi connectivity index (χ3n) is 5.38. The van der Waals surface area contributed by atoms with Gasteiger partial charge in [0.2, 0.25) is 5.91 Å². The third-order valence-corrected chi connectivity index (χ3v) is 5.38. The van der Waals surface area contributed by atoms with Crippen LogP contribution in [-0.4, -0.2) is 47.7 Å². The van der Waals surface area contributed by atoms with Gasteiger partial charge < -0.3 is 19.5 Å². The summed E-state index contributed by atoms with van der Waals surface area (Å²) in [7, 11) is 0. The number of halogens is 1. The summed E-state index contributed by atoms with van der Waals surface area (Å²) in [6.45, 7) is 1.82. The van der Waals surface area contributed by atoms with E-state index in [0.29, 0.717) is 43.1 Å². The molecule has 2 aliphatic heterocycles. The fraction of sp³-hybridized carbons (Fsp3) is 0.364. The molecule has 2 aliphatic rings. The molecular formula is C22H22FNO5. The molecule has 0 aliphatic carbocycles. The Hall–Kier alpha value is -2.93. The highest BCUT2D eigenvalue weighted by atomic mass is 19.1. The standard InChI is InChI=1S/C22H22FNO5/c23-16-9-15-12-24(7-5-18(15)19(11-16)22(26)27)21(25)10-14-3-1-2-4-20(14)29-17-6-8-28-13-17/h1-4,9,11,17H,5-8,10,12-13H2,(H,26,27). The van der Waals surface area contributed by atoms with E-state index in [2.05, 4.69) is 0 Å². The predicted molar refractivity (Wildman–Crippen MR) is 102 cm³/mol. The molecule has 1 amide bonds. The Morgan fingerprint density at radius 2 is 2.10 bits per heavy atom. The summed E-state index contributed by atoms with van der Waals surface area (Å²) in [5.41, 5.74) is 1.92. The maximum atomic E-state index is 13.8. The molecule has 1 N–H and O–H groups in total. The van der Waals surface area contributed by atoms with Gasteiger partial charge >= 0.3 is 5.97 Å². The molecule has 0 aromatic heterocycles. The number of carboxylic acids is 1. The minimum Gasteiger partial charge on any atom is -0.488 e. The van der Waals surface area contributed by atoms with Crippen LogP contribution in [0.3, 0.4) is 0 Å². The van der Waals surface area contributed by atoms with Crippen LogP contribution in [0.15, 0.2) is 36.4 Å². The normalized spacial score (nSPS) is 18.4. The van der Waals surface area contributed by atoms with E-state index in [1.807, 2.05) is 24.3 Å². The van der Waals surface area contributed by atoms with Gasteiger partial charge in [-0.1, -0.05) is 18.2 Å². The first-order valence-corrected chi connectivity index (χ1v) is 9.66. The molecule has 29 heavy (non-hydrogen) atoms. The van der Waals surface area contributed by atoms with Gasteiger partial charge in [0.05, 0.1) is 25.2 Å². The molecule has 1 atom stereocenters. The first-order chi connectivity index (χ1) is 14.0. The van der Waals surface area contributed by atoms with Crippen LogP contribution >= 0.6 is 0 Å². The summed E-state index contributed by atoms with van der Waals surface area (Å²) >= 11 is 0. The van der Waals surface area contributed by atoms with Crippen molar-refractivity contribution in [3.63, 3.8) is 0 Å². The Bertz CT molecular complexity index is 939. The number of hydrogen-bond acceptors (Lipinski definition) is 4. The molecule has 2 aromatic rings. The number of rotatable bonds is 5. The largest absolute Gasteiger partial charge is 0.488 e. The van der Waals surface area contributed by atoms with Crippen LogP contribution in [0.25, 0.3) is 0 Å². The Labute approximate surface area is 167 Å². The van der Waals surface area contributed by atoms with Crippen molar-refractivity contribution in [1.82, 2.24) is 4.90 Å². The lowest BCUT2D eigenvalue weighted by Gasteiger charge is -2.30. The molecule has 2 aromatic carbocycles. The molecule has 0 radical (unpaired) electrons. The smallest absolute Gasteiger partial charge is 0.336 e. The van der Waals surface area contributed by atoms with Crippen molar-refractivity contribution >= 4 is 11.9 Å². The van der Waals surface area contributed by atoms with E-state index in [9.17, 15) is 19.1 Å². The summed E-state index contributed by atoms with van der Waals surface area (Å²) in [6, 6.07) is 9.80. The first kappa shape index (κ1) is 19.4. The van der Waals surface area contributed by atoms with Crippen LogP contribution in [-0.2, 0) is 28.9 Å². The quantitative estimate of drug-likeness (QED) is 0.837. The number of hydrogen-bond donors (Lipinski definition) is 1. The second-order valence-electron chi connectivity index (χ2n) is 7.35. The minimum atomic E-state index is -1.15. The van der Waals surface area contributed by atoms with E-state index >= 15 is 0 Å². The van der Waals surface area contributed by atoms with Gasteiger partial charge in [-0.2, -0.15) is 0 Å². The van der Waals surface area contributed by atoms with Crippen molar-refractivity contribution in [3.8, 4) is 5.75 Å². The van der Waals surface area contributed by atoms with Crippen LogP contribution in [0, 0.1) is 5.82 Å². The Balaban J connectivity index is 1.49. The highest BCUT2D eigenvalue weighted by molar-refractivity contribution is 5.90. The SMILES string of the molecule is O=C(O)c1cc(F)cc2c1CCN(C(=O)Cc1ccccc1OC1CCOC1)C2. The first-order valence-electron chi connectivity index (χ1n) is 9.66. The van der Waals surface area contributed by atoms with Crippen molar-refractivity contribution in [3.05, 3.63) is 64.5 Å². The second-order valence-corrected chi connectivity index (χ2v) is 7.35. The monoisotopic (exact) mass is 399 g/mol. The molecule has 152 valence electrons. The van der Waals surface area contributed by atoms with Gasteiger partial charge in [-0.3, -0.25) is 4.79 Å². The number of benzene rings is 2. The Morgan fingerprint density at radius 3 is 2.86 bits per heavy atom. The van der Waals surface area contributed by atoms with E-state index < -0.39 is 11.8 Å². The molecule has 7 heteroatoms.